The average molecular weight is 210 g/mol. The summed E-state index contributed by atoms with van der Waals surface area (Å²) in [6, 6.07) is 8.94. The molecule has 0 spiro atoms. The Hall–Kier alpha value is -0.730. The number of rotatable bonds is 1. The molecule has 1 aromatic rings. The molecular weight excluding hydrogens is 196 g/mol. The molecule has 1 aliphatic heterocycles. The van der Waals surface area contributed by atoms with E-state index in [1.54, 1.807) is 0 Å². The minimum absolute atomic E-state index is 0.683. The summed E-state index contributed by atoms with van der Waals surface area (Å²) < 4.78 is 0. The predicted octanol–water partition coefficient (Wildman–Crippen LogP) is 1.89. The highest BCUT2D eigenvalue weighted by atomic mass is 35.5. The molecule has 0 unspecified atom stereocenters. The highest BCUT2D eigenvalue weighted by Crippen LogP contribution is 2.18. The van der Waals surface area contributed by atoms with Crippen LogP contribution >= 0.6 is 11.6 Å². The molecule has 0 amide bonds. The average Bonchev–Trinajstić information content (AvgIpc) is 2.21. The standard InChI is InChI=1S/C11H14ClN2/c1-13-6-8-14(9-7-13)11-4-2-10(12)3-5-11/h2,4-5H,6-9H2,1H3. The lowest BCUT2D eigenvalue weighted by Crippen LogP contribution is -2.44. The number of benzene rings is 1. The van der Waals surface area contributed by atoms with Gasteiger partial charge in [0, 0.05) is 43.0 Å². The number of nitrogens with zero attached hydrogens (tertiary/aromatic N) is 2. The molecular formula is C11H14ClN2. The fraction of sp³-hybridized carbons (Fsp3) is 0.455. The maximum atomic E-state index is 5.79. The summed E-state index contributed by atoms with van der Waals surface area (Å²) in [4.78, 5) is 4.71. The van der Waals surface area contributed by atoms with Crippen LogP contribution in [0.1, 0.15) is 0 Å². The van der Waals surface area contributed by atoms with Crippen molar-refractivity contribution >= 4 is 17.3 Å². The van der Waals surface area contributed by atoms with Crippen molar-refractivity contribution in [1.29, 1.82) is 0 Å². The normalized spacial score (nSPS) is 18.6. The molecule has 0 aliphatic carbocycles. The molecule has 1 fully saturated rings. The van der Waals surface area contributed by atoms with E-state index in [1.165, 1.54) is 5.69 Å². The number of piperazine rings is 1. The summed E-state index contributed by atoms with van der Waals surface area (Å²) in [5, 5.41) is 0.683. The van der Waals surface area contributed by atoms with Gasteiger partial charge in [-0.1, -0.05) is 11.6 Å². The number of hydrogen-bond acceptors (Lipinski definition) is 2. The van der Waals surface area contributed by atoms with E-state index in [4.69, 9.17) is 11.6 Å². The highest BCUT2D eigenvalue weighted by molar-refractivity contribution is 6.30. The molecule has 1 aromatic carbocycles. The monoisotopic (exact) mass is 209 g/mol. The molecule has 1 radical (unpaired) electrons. The second-order valence-electron chi connectivity index (χ2n) is 3.69. The number of anilines is 1. The molecule has 0 bridgehead atoms. The van der Waals surface area contributed by atoms with Gasteiger partial charge < -0.3 is 9.80 Å². The maximum Gasteiger partial charge on any atom is 0.0486 e. The Morgan fingerprint density at radius 1 is 1.21 bits per heavy atom. The zero-order chi connectivity index (χ0) is 9.97. The molecule has 0 atom stereocenters. The van der Waals surface area contributed by atoms with E-state index in [1.807, 2.05) is 12.1 Å². The summed E-state index contributed by atoms with van der Waals surface area (Å²) in [5.41, 5.74) is 1.22. The van der Waals surface area contributed by atoms with E-state index < -0.39 is 0 Å². The molecule has 2 nitrogen and oxygen atoms in total. The van der Waals surface area contributed by atoms with Gasteiger partial charge in [0.1, 0.15) is 0 Å². The van der Waals surface area contributed by atoms with Gasteiger partial charge in [-0.05, 0) is 25.2 Å². The lowest BCUT2D eigenvalue weighted by Gasteiger charge is -2.34. The smallest absolute Gasteiger partial charge is 0.0486 e. The highest BCUT2D eigenvalue weighted by Gasteiger charge is 2.13. The van der Waals surface area contributed by atoms with Crippen molar-refractivity contribution in [1.82, 2.24) is 4.90 Å². The molecule has 14 heavy (non-hydrogen) atoms. The van der Waals surface area contributed by atoms with Crippen molar-refractivity contribution in [2.45, 2.75) is 0 Å². The van der Waals surface area contributed by atoms with Crippen LogP contribution in [0.4, 0.5) is 5.69 Å². The van der Waals surface area contributed by atoms with Crippen molar-refractivity contribution < 1.29 is 0 Å². The van der Waals surface area contributed by atoms with Crippen LogP contribution in [-0.2, 0) is 0 Å². The molecule has 0 N–H and O–H groups in total. The van der Waals surface area contributed by atoms with Crippen molar-refractivity contribution in [3.63, 3.8) is 0 Å². The van der Waals surface area contributed by atoms with Crippen LogP contribution in [0.25, 0.3) is 0 Å². The van der Waals surface area contributed by atoms with Crippen LogP contribution in [0.5, 0.6) is 0 Å². The first-order valence-electron chi connectivity index (χ1n) is 4.86. The molecule has 1 aliphatic rings. The van der Waals surface area contributed by atoms with E-state index in [2.05, 4.69) is 29.0 Å². The Kier molecular flexibility index (Phi) is 2.94. The number of hydrogen-bond donors (Lipinski definition) is 0. The van der Waals surface area contributed by atoms with Gasteiger partial charge in [0.2, 0.25) is 0 Å². The Labute approximate surface area is 90.1 Å². The van der Waals surface area contributed by atoms with Gasteiger partial charge in [0.15, 0.2) is 0 Å². The van der Waals surface area contributed by atoms with Crippen LogP contribution in [0, 0.1) is 6.07 Å². The van der Waals surface area contributed by atoms with Crippen molar-refractivity contribution in [3.8, 4) is 0 Å². The Balaban J connectivity index is 2.05. The van der Waals surface area contributed by atoms with E-state index in [9.17, 15) is 0 Å². The largest absolute Gasteiger partial charge is 0.369 e. The van der Waals surface area contributed by atoms with Gasteiger partial charge in [-0.15, -0.1) is 0 Å². The lowest BCUT2D eigenvalue weighted by atomic mass is 10.2. The Morgan fingerprint density at radius 3 is 2.50 bits per heavy atom. The predicted molar refractivity (Wildman–Crippen MR) is 60.0 cm³/mol. The third kappa shape index (κ3) is 2.20. The van der Waals surface area contributed by atoms with Gasteiger partial charge >= 0.3 is 0 Å². The van der Waals surface area contributed by atoms with Crippen molar-refractivity contribution in [2.24, 2.45) is 0 Å². The lowest BCUT2D eigenvalue weighted by molar-refractivity contribution is 0.313. The van der Waals surface area contributed by atoms with Gasteiger partial charge in [0.25, 0.3) is 0 Å². The molecule has 75 valence electrons. The SMILES string of the molecule is CN1CCN(c2c[c]c(Cl)cc2)CC1. The topological polar surface area (TPSA) is 6.48 Å². The fourth-order valence-electron chi connectivity index (χ4n) is 1.66. The van der Waals surface area contributed by atoms with Gasteiger partial charge in [-0.25, -0.2) is 0 Å². The summed E-state index contributed by atoms with van der Waals surface area (Å²) in [6.07, 6.45) is 0. The third-order valence-electron chi connectivity index (χ3n) is 2.63. The maximum absolute atomic E-state index is 5.79. The fourth-order valence-corrected chi connectivity index (χ4v) is 1.78. The summed E-state index contributed by atoms with van der Waals surface area (Å²) in [6.45, 7) is 4.43. The number of halogens is 1. The van der Waals surface area contributed by atoms with Crippen LogP contribution in [0.2, 0.25) is 5.02 Å². The van der Waals surface area contributed by atoms with E-state index in [-0.39, 0.29) is 0 Å². The molecule has 2 rings (SSSR count). The first-order valence-corrected chi connectivity index (χ1v) is 5.24. The molecule has 0 saturated carbocycles. The van der Waals surface area contributed by atoms with E-state index in [0.29, 0.717) is 5.02 Å². The second-order valence-corrected chi connectivity index (χ2v) is 4.09. The van der Waals surface area contributed by atoms with Crippen LogP contribution < -0.4 is 4.90 Å². The van der Waals surface area contributed by atoms with Crippen molar-refractivity contribution in [2.75, 3.05) is 38.1 Å². The molecule has 1 saturated heterocycles. The Bertz CT molecular complexity index is 289. The quantitative estimate of drug-likeness (QED) is 0.697. The zero-order valence-electron chi connectivity index (χ0n) is 8.33. The van der Waals surface area contributed by atoms with Gasteiger partial charge in [-0.3, -0.25) is 0 Å². The first-order chi connectivity index (χ1) is 6.75. The zero-order valence-corrected chi connectivity index (χ0v) is 9.09. The minimum atomic E-state index is 0.683. The molecule has 0 aromatic heterocycles. The first kappa shape index (κ1) is 9.81. The van der Waals surface area contributed by atoms with Crippen LogP contribution in [0.3, 0.4) is 0 Å². The second kappa shape index (κ2) is 4.20. The van der Waals surface area contributed by atoms with E-state index in [0.717, 1.165) is 26.2 Å². The number of likely N-dealkylation sites (N-methyl/N-ethyl adjacent to an activating group) is 1. The summed E-state index contributed by atoms with van der Waals surface area (Å²) >= 11 is 5.79. The van der Waals surface area contributed by atoms with Gasteiger partial charge in [0.05, 0.1) is 0 Å². The van der Waals surface area contributed by atoms with Crippen molar-refractivity contribution in [3.05, 3.63) is 29.3 Å². The van der Waals surface area contributed by atoms with E-state index >= 15 is 0 Å². The summed E-state index contributed by atoms with van der Waals surface area (Å²) in [7, 11) is 2.16. The molecule has 3 heteroatoms. The third-order valence-corrected chi connectivity index (χ3v) is 2.86. The molecule has 1 heterocycles. The summed E-state index contributed by atoms with van der Waals surface area (Å²) in [5.74, 6) is 0. The van der Waals surface area contributed by atoms with Crippen LogP contribution in [0.15, 0.2) is 18.2 Å². The minimum Gasteiger partial charge on any atom is -0.369 e. The Morgan fingerprint density at radius 2 is 1.93 bits per heavy atom. The van der Waals surface area contributed by atoms with Crippen LogP contribution in [-0.4, -0.2) is 38.1 Å². The van der Waals surface area contributed by atoms with Gasteiger partial charge in [-0.2, -0.15) is 0 Å².